The Morgan fingerprint density at radius 3 is 2.24 bits per heavy atom. The van der Waals surface area contributed by atoms with Gasteiger partial charge in [0.1, 0.15) is 5.82 Å². The molecule has 1 heterocycles. The lowest BCUT2D eigenvalue weighted by molar-refractivity contribution is 0.609. The van der Waals surface area contributed by atoms with E-state index in [-0.39, 0.29) is 0 Å². The summed E-state index contributed by atoms with van der Waals surface area (Å²) in [6, 6.07) is 18.0. The standard InChI is InChI=1S/C21H23N5O2S/c1-16-15-20(26(2)3)24-21(22-16)23-18-9-11-19(12-10-18)25-29(27,28)14-13-17-7-5-4-6-8-17/h4-15,25H,1-3H3,(H,22,23,24)/b14-13+. The molecule has 2 N–H and O–H groups in total. The molecule has 0 bridgehead atoms. The summed E-state index contributed by atoms with van der Waals surface area (Å²) < 4.78 is 27.0. The Kier molecular flexibility index (Phi) is 6.13. The molecule has 1 aromatic heterocycles. The summed E-state index contributed by atoms with van der Waals surface area (Å²) in [4.78, 5) is 10.7. The zero-order valence-corrected chi connectivity index (χ0v) is 17.3. The van der Waals surface area contributed by atoms with Crippen LogP contribution < -0.4 is 14.9 Å². The molecular weight excluding hydrogens is 386 g/mol. The van der Waals surface area contributed by atoms with Crippen LogP contribution in [0.5, 0.6) is 0 Å². The first kappa shape index (κ1) is 20.3. The van der Waals surface area contributed by atoms with E-state index < -0.39 is 10.0 Å². The van der Waals surface area contributed by atoms with Gasteiger partial charge in [-0.1, -0.05) is 30.3 Å². The van der Waals surface area contributed by atoms with E-state index in [1.807, 2.05) is 62.3 Å². The highest BCUT2D eigenvalue weighted by Gasteiger charge is 2.07. The summed E-state index contributed by atoms with van der Waals surface area (Å²) in [7, 11) is 0.224. The molecule has 2 aromatic carbocycles. The van der Waals surface area contributed by atoms with E-state index in [4.69, 9.17) is 0 Å². The fraction of sp³-hybridized carbons (Fsp3) is 0.143. The van der Waals surface area contributed by atoms with Crippen molar-refractivity contribution in [3.63, 3.8) is 0 Å². The highest BCUT2D eigenvalue weighted by Crippen LogP contribution is 2.20. The number of nitrogens with one attached hydrogen (secondary N) is 2. The molecular formula is C21H23N5O2S. The molecule has 0 atom stereocenters. The van der Waals surface area contributed by atoms with Crippen LogP contribution >= 0.6 is 0 Å². The molecule has 0 aliphatic carbocycles. The van der Waals surface area contributed by atoms with Crippen LogP contribution in [0.3, 0.4) is 0 Å². The van der Waals surface area contributed by atoms with Gasteiger partial charge in [0.2, 0.25) is 5.95 Å². The quantitative estimate of drug-likeness (QED) is 0.613. The minimum absolute atomic E-state index is 0.465. The van der Waals surface area contributed by atoms with E-state index in [1.165, 1.54) is 0 Å². The molecule has 0 unspecified atom stereocenters. The van der Waals surface area contributed by atoms with Crippen molar-refractivity contribution in [1.82, 2.24) is 9.97 Å². The first-order valence-electron chi connectivity index (χ1n) is 8.97. The number of hydrogen-bond acceptors (Lipinski definition) is 6. The predicted octanol–water partition coefficient (Wildman–Crippen LogP) is 4.01. The van der Waals surface area contributed by atoms with Gasteiger partial charge in [-0.25, -0.2) is 13.4 Å². The molecule has 3 rings (SSSR count). The van der Waals surface area contributed by atoms with Crippen molar-refractivity contribution >= 4 is 39.2 Å². The van der Waals surface area contributed by atoms with Crippen molar-refractivity contribution in [2.45, 2.75) is 6.92 Å². The van der Waals surface area contributed by atoms with Crippen molar-refractivity contribution in [3.8, 4) is 0 Å². The number of sulfonamides is 1. The average Bonchev–Trinajstić information content (AvgIpc) is 2.68. The van der Waals surface area contributed by atoms with Crippen LogP contribution in [0.1, 0.15) is 11.3 Å². The second kappa shape index (κ2) is 8.74. The van der Waals surface area contributed by atoms with E-state index >= 15 is 0 Å². The Morgan fingerprint density at radius 2 is 1.59 bits per heavy atom. The van der Waals surface area contributed by atoms with Gasteiger partial charge in [-0.15, -0.1) is 0 Å². The van der Waals surface area contributed by atoms with Crippen LogP contribution in [-0.4, -0.2) is 32.5 Å². The van der Waals surface area contributed by atoms with Crippen molar-refractivity contribution in [2.75, 3.05) is 29.0 Å². The molecule has 0 spiro atoms. The lowest BCUT2D eigenvalue weighted by atomic mass is 10.2. The van der Waals surface area contributed by atoms with E-state index in [0.717, 1.165) is 28.2 Å². The Hall–Kier alpha value is -3.39. The maximum absolute atomic E-state index is 12.2. The molecule has 150 valence electrons. The van der Waals surface area contributed by atoms with Gasteiger partial charge in [-0.3, -0.25) is 4.72 Å². The maximum atomic E-state index is 12.2. The minimum Gasteiger partial charge on any atom is -0.363 e. The third-order valence-corrected chi connectivity index (χ3v) is 4.95. The summed E-state index contributed by atoms with van der Waals surface area (Å²) in [6.45, 7) is 1.90. The summed E-state index contributed by atoms with van der Waals surface area (Å²) >= 11 is 0. The minimum atomic E-state index is -3.61. The highest BCUT2D eigenvalue weighted by molar-refractivity contribution is 7.95. The van der Waals surface area contributed by atoms with Gasteiger partial charge >= 0.3 is 0 Å². The number of aromatic nitrogens is 2. The molecule has 0 aliphatic heterocycles. The summed E-state index contributed by atoms with van der Waals surface area (Å²) in [5.74, 6) is 1.28. The van der Waals surface area contributed by atoms with Gasteiger partial charge in [-0.2, -0.15) is 4.98 Å². The van der Waals surface area contributed by atoms with Crippen molar-refractivity contribution in [1.29, 1.82) is 0 Å². The largest absolute Gasteiger partial charge is 0.363 e. The van der Waals surface area contributed by atoms with Crippen LogP contribution in [0, 0.1) is 6.92 Å². The summed E-state index contributed by atoms with van der Waals surface area (Å²) in [5.41, 5.74) is 2.88. The van der Waals surface area contributed by atoms with Gasteiger partial charge in [0.25, 0.3) is 10.0 Å². The second-order valence-corrected chi connectivity index (χ2v) is 8.21. The van der Waals surface area contributed by atoms with Gasteiger partial charge in [0.15, 0.2) is 0 Å². The van der Waals surface area contributed by atoms with Crippen LogP contribution in [0.15, 0.2) is 66.1 Å². The van der Waals surface area contributed by atoms with Crippen molar-refractivity contribution in [2.24, 2.45) is 0 Å². The average molecular weight is 410 g/mol. The smallest absolute Gasteiger partial charge is 0.255 e. The van der Waals surface area contributed by atoms with Gasteiger partial charge in [0, 0.05) is 37.2 Å². The van der Waals surface area contributed by atoms with E-state index in [0.29, 0.717) is 11.6 Å². The molecule has 0 saturated heterocycles. The number of aryl methyl sites for hydroxylation is 1. The number of anilines is 4. The third kappa shape index (κ3) is 6.05. The number of rotatable bonds is 7. The maximum Gasteiger partial charge on any atom is 0.255 e. The zero-order valence-electron chi connectivity index (χ0n) is 16.5. The number of nitrogens with zero attached hydrogens (tertiary/aromatic N) is 3. The lowest BCUT2D eigenvalue weighted by Gasteiger charge is -2.14. The third-order valence-electron chi connectivity index (χ3n) is 3.94. The van der Waals surface area contributed by atoms with E-state index in [1.54, 1.807) is 30.3 Å². The van der Waals surface area contributed by atoms with Crippen molar-refractivity contribution in [3.05, 3.63) is 77.3 Å². The van der Waals surface area contributed by atoms with Crippen molar-refractivity contribution < 1.29 is 8.42 Å². The predicted molar refractivity (Wildman–Crippen MR) is 119 cm³/mol. The normalized spacial score (nSPS) is 11.4. The molecule has 0 aliphatic rings. The fourth-order valence-corrected chi connectivity index (χ4v) is 3.39. The highest BCUT2D eigenvalue weighted by atomic mass is 32.2. The molecule has 29 heavy (non-hydrogen) atoms. The Morgan fingerprint density at radius 1 is 0.931 bits per heavy atom. The molecule has 7 nitrogen and oxygen atoms in total. The van der Waals surface area contributed by atoms with E-state index in [9.17, 15) is 8.42 Å². The number of benzene rings is 2. The molecule has 8 heteroatoms. The fourth-order valence-electron chi connectivity index (χ4n) is 2.52. The number of hydrogen-bond donors (Lipinski definition) is 2. The van der Waals surface area contributed by atoms with E-state index in [2.05, 4.69) is 20.0 Å². The second-order valence-electron chi connectivity index (χ2n) is 6.65. The van der Waals surface area contributed by atoms with Gasteiger partial charge in [0.05, 0.1) is 5.41 Å². The summed E-state index contributed by atoms with van der Waals surface area (Å²) in [6.07, 6.45) is 1.55. The van der Waals surface area contributed by atoms with Crippen LogP contribution in [0.25, 0.3) is 6.08 Å². The Balaban J connectivity index is 1.68. The zero-order chi connectivity index (χ0) is 20.9. The van der Waals surface area contributed by atoms with Gasteiger partial charge in [-0.05, 0) is 42.8 Å². The van der Waals surface area contributed by atoms with Crippen LogP contribution in [-0.2, 0) is 10.0 Å². The first-order valence-corrected chi connectivity index (χ1v) is 10.5. The topological polar surface area (TPSA) is 87.2 Å². The monoisotopic (exact) mass is 409 g/mol. The molecule has 0 fully saturated rings. The Labute approximate surface area is 171 Å². The first-order chi connectivity index (χ1) is 13.8. The Bertz CT molecular complexity index is 1100. The lowest BCUT2D eigenvalue weighted by Crippen LogP contribution is -2.12. The summed E-state index contributed by atoms with van der Waals surface area (Å²) in [5, 5.41) is 4.29. The van der Waals surface area contributed by atoms with Crippen LogP contribution in [0.4, 0.5) is 23.1 Å². The molecule has 0 amide bonds. The molecule has 0 saturated carbocycles. The van der Waals surface area contributed by atoms with Gasteiger partial charge < -0.3 is 10.2 Å². The molecule has 3 aromatic rings. The SMILES string of the molecule is Cc1cc(N(C)C)nc(Nc2ccc(NS(=O)(=O)/C=C/c3ccccc3)cc2)n1. The van der Waals surface area contributed by atoms with Crippen LogP contribution in [0.2, 0.25) is 0 Å². The molecule has 0 radical (unpaired) electrons.